The Labute approximate surface area is 135 Å². The summed E-state index contributed by atoms with van der Waals surface area (Å²) < 4.78 is 12.9. The molecule has 0 aliphatic carbocycles. The van der Waals surface area contributed by atoms with Crippen LogP contribution in [0.3, 0.4) is 0 Å². The molecule has 7 heteroatoms. The van der Waals surface area contributed by atoms with Crippen LogP contribution in [-0.4, -0.2) is 54.3 Å². The van der Waals surface area contributed by atoms with Crippen LogP contribution in [0.2, 0.25) is 0 Å². The fourth-order valence-electron chi connectivity index (χ4n) is 2.32. The van der Waals surface area contributed by atoms with Gasteiger partial charge in [-0.1, -0.05) is 6.92 Å². The van der Waals surface area contributed by atoms with Gasteiger partial charge >= 0.3 is 0 Å². The highest BCUT2D eigenvalue weighted by molar-refractivity contribution is 5.94. The number of carbonyl (C=O) groups excluding carboxylic acids is 2. The summed E-state index contributed by atoms with van der Waals surface area (Å²) in [4.78, 5) is 27.7. The topological polar surface area (TPSA) is 66.6 Å². The van der Waals surface area contributed by atoms with Crippen molar-refractivity contribution in [2.45, 2.75) is 6.92 Å². The summed E-state index contributed by atoms with van der Waals surface area (Å²) in [6, 6.07) is 5.50. The number of hydrogen-bond acceptors (Lipinski definition) is 3. The van der Waals surface area contributed by atoms with E-state index in [1.165, 1.54) is 24.3 Å². The number of halogens is 2. The molecule has 5 nitrogen and oxygen atoms in total. The molecule has 0 aromatic heterocycles. The lowest BCUT2D eigenvalue weighted by Gasteiger charge is -2.36. The van der Waals surface area contributed by atoms with Crippen LogP contribution >= 0.6 is 12.4 Å². The van der Waals surface area contributed by atoms with Crippen LogP contribution < -0.4 is 5.73 Å². The Hall–Kier alpha value is -1.66. The molecule has 0 saturated carbocycles. The largest absolute Gasteiger partial charge is 0.339 e. The number of carbonyl (C=O) groups is 2. The number of benzene rings is 1. The summed E-state index contributed by atoms with van der Waals surface area (Å²) in [5.74, 6) is -0.651. The van der Waals surface area contributed by atoms with Crippen molar-refractivity contribution < 1.29 is 14.0 Å². The molecule has 1 heterocycles. The maximum absolute atomic E-state index is 12.9. The third kappa shape index (κ3) is 4.18. The summed E-state index contributed by atoms with van der Waals surface area (Å²) in [6.45, 7) is 4.12. The van der Waals surface area contributed by atoms with Crippen molar-refractivity contribution in [1.29, 1.82) is 0 Å². The predicted molar refractivity (Wildman–Crippen MR) is 84.3 cm³/mol. The first kappa shape index (κ1) is 18.4. The molecule has 0 bridgehead atoms. The second-order valence-electron chi connectivity index (χ2n) is 5.26. The number of nitrogens with two attached hydrogens (primary N) is 1. The molecular formula is C15H21ClFN3O2. The van der Waals surface area contributed by atoms with Gasteiger partial charge in [-0.15, -0.1) is 12.4 Å². The van der Waals surface area contributed by atoms with Crippen LogP contribution in [0, 0.1) is 11.7 Å². The van der Waals surface area contributed by atoms with Gasteiger partial charge in [0.25, 0.3) is 5.91 Å². The SMILES string of the molecule is CC(CN)C(=O)N1CCN(C(=O)c2ccc(F)cc2)CC1.Cl. The average molecular weight is 330 g/mol. The number of amides is 2. The van der Waals surface area contributed by atoms with Gasteiger partial charge in [0.2, 0.25) is 5.91 Å². The number of nitrogens with zero attached hydrogens (tertiary/aromatic N) is 2. The second kappa shape index (κ2) is 8.10. The maximum atomic E-state index is 12.9. The highest BCUT2D eigenvalue weighted by Gasteiger charge is 2.26. The van der Waals surface area contributed by atoms with Gasteiger partial charge in [-0.05, 0) is 24.3 Å². The van der Waals surface area contributed by atoms with Crippen molar-refractivity contribution in [3.8, 4) is 0 Å². The zero-order valence-electron chi connectivity index (χ0n) is 12.5. The lowest BCUT2D eigenvalue weighted by atomic mass is 10.1. The summed E-state index contributed by atoms with van der Waals surface area (Å²) >= 11 is 0. The molecule has 1 aromatic carbocycles. The van der Waals surface area contributed by atoms with Crippen molar-refractivity contribution in [3.63, 3.8) is 0 Å². The summed E-state index contributed by atoms with van der Waals surface area (Å²) in [6.07, 6.45) is 0. The molecule has 2 amide bonds. The molecule has 2 rings (SSSR count). The first-order valence-electron chi connectivity index (χ1n) is 7.06. The monoisotopic (exact) mass is 329 g/mol. The number of hydrogen-bond donors (Lipinski definition) is 1. The molecule has 1 aliphatic heterocycles. The molecule has 0 spiro atoms. The van der Waals surface area contributed by atoms with Gasteiger partial charge in [0.1, 0.15) is 5.82 Å². The first-order valence-corrected chi connectivity index (χ1v) is 7.06. The Morgan fingerprint density at radius 3 is 2.14 bits per heavy atom. The third-order valence-corrected chi connectivity index (χ3v) is 3.74. The van der Waals surface area contributed by atoms with Crippen LogP contribution in [0.25, 0.3) is 0 Å². The quantitative estimate of drug-likeness (QED) is 0.904. The second-order valence-corrected chi connectivity index (χ2v) is 5.26. The lowest BCUT2D eigenvalue weighted by molar-refractivity contribution is -0.136. The normalized spacial score (nSPS) is 16.0. The number of piperazine rings is 1. The molecule has 1 saturated heterocycles. The fourth-order valence-corrected chi connectivity index (χ4v) is 2.32. The van der Waals surface area contributed by atoms with Crippen molar-refractivity contribution in [2.75, 3.05) is 32.7 Å². The molecule has 1 atom stereocenters. The molecule has 22 heavy (non-hydrogen) atoms. The minimum Gasteiger partial charge on any atom is -0.339 e. The Morgan fingerprint density at radius 1 is 1.14 bits per heavy atom. The summed E-state index contributed by atoms with van der Waals surface area (Å²) in [7, 11) is 0. The minimum absolute atomic E-state index is 0. The van der Waals surface area contributed by atoms with E-state index in [-0.39, 0.29) is 36.0 Å². The van der Waals surface area contributed by atoms with Crippen molar-refractivity contribution >= 4 is 24.2 Å². The average Bonchev–Trinajstić information content (AvgIpc) is 2.53. The zero-order chi connectivity index (χ0) is 15.4. The van der Waals surface area contributed by atoms with E-state index in [1.807, 2.05) is 0 Å². The van der Waals surface area contributed by atoms with Crippen LogP contribution in [0.15, 0.2) is 24.3 Å². The highest BCUT2D eigenvalue weighted by atomic mass is 35.5. The van der Waals surface area contributed by atoms with E-state index >= 15 is 0 Å². The van der Waals surface area contributed by atoms with Crippen LogP contribution in [0.1, 0.15) is 17.3 Å². The predicted octanol–water partition coefficient (Wildman–Crippen LogP) is 1.13. The van der Waals surface area contributed by atoms with E-state index in [4.69, 9.17) is 5.73 Å². The minimum atomic E-state index is -0.363. The fraction of sp³-hybridized carbons (Fsp3) is 0.467. The van der Waals surface area contributed by atoms with Crippen molar-refractivity contribution in [2.24, 2.45) is 11.7 Å². The van der Waals surface area contributed by atoms with Gasteiger partial charge in [0.05, 0.1) is 0 Å². The molecule has 1 aliphatic rings. The molecule has 0 radical (unpaired) electrons. The zero-order valence-corrected chi connectivity index (χ0v) is 13.3. The van der Waals surface area contributed by atoms with Crippen LogP contribution in [-0.2, 0) is 4.79 Å². The van der Waals surface area contributed by atoms with Gasteiger partial charge in [-0.25, -0.2) is 4.39 Å². The Kier molecular flexibility index (Phi) is 6.77. The summed E-state index contributed by atoms with van der Waals surface area (Å²) in [5.41, 5.74) is 5.97. The van der Waals surface area contributed by atoms with Gasteiger partial charge in [-0.3, -0.25) is 9.59 Å². The van der Waals surface area contributed by atoms with Crippen molar-refractivity contribution in [1.82, 2.24) is 9.80 Å². The van der Waals surface area contributed by atoms with E-state index in [9.17, 15) is 14.0 Å². The Morgan fingerprint density at radius 2 is 1.64 bits per heavy atom. The van der Waals surface area contributed by atoms with E-state index in [0.717, 1.165) is 0 Å². The van der Waals surface area contributed by atoms with E-state index in [2.05, 4.69) is 0 Å². The highest BCUT2D eigenvalue weighted by Crippen LogP contribution is 2.11. The maximum Gasteiger partial charge on any atom is 0.253 e. The molecule has 2 N–H and O–H groups in total. The van der Waals surface area contributed by atoms with Crippen molar-refractivity contribution in [3.05, 3.63) is 35.6 Å². The van der Waals surface area contributed by atoms with Crippen LogP contribution in [0.4, 0.5) is 4.39 Å². The Balaban J connectivity index is 0.00000242. The molecule has 1 fully saturated rings. The van der Waals surface area contributed by atoms with E-state index in [1.54, 1.807) is 16.7 Å². The Bertz CT molecular complexity index is 516. The van der Waals surface area contributed by atoms with Gasteiger partial charge < -0.3 is 15.5 Å². The first-order chi connectivity index (χ1) is 10.0. The standard InChI is InChI=1S/C15H20FN3O2.ClH/c1-11(10-17)14(20)18-6-8-19(9-7-18)15(21)12-2-4-13(16)5-3-12;/h2-5,11H,6-10,17H2,1H3;1H. The molecule has 1 unspecified atom stereocenters. The number of rotatable bonds is 3. The lowest BCUT2D eigenvalue weighted by Crippen LogP contribution is -2.52. The molecular weight excluding hydrogens is 309 g/mol. The van der Waals surface area contributed by atoms with Crippen LogP contribution in [0.5, 0.6) is 0 Å². The van der Waals surface area contributed by atoms with Gasteiger partial charge in [0, 0.05) is 44.2 Å². The van der Waals surface area contributed by atoms with E-state index < -0.39 is 0 Å². The summed E-state index contributed by atoms with van der Waals surface area (Å²) in [5, 5.41) is 0. The van der Waals surface area contributed by atoms with Gasteiger partial charge in [-0.2, -0.15) is 0 Å². The molecule has 122 valence electrons. The van der Waals surface area contributed by atoms with E-state index in [0.29, 0.717) is 38.3 Å². The molecule has 1 aromatic rings. The smallest absolute Gasteiger partial charge is 0.253 e. The third-order valence-electron chi connectivity index (χ3n) is 3.74. The van der Waals surface area contributed by atoms with Gasteiger partial charge in [0.15, 0.2) is 0 Å².